The largest absolute Gasteiger partial charge is 0.162 e. The van der Waals surface area contributed by atoms with Gasteiger partial charge in [0.15, 0.2) is 0 Å². The van der Waals surface area contributed by atoms with E-state index in [1.807, 2.05) is 11.8 Å². The molecule has 1 heterocycles. The molecule has 2 fully saturated rings. The minimum Gasteiger partial charge on any atom is -0.162 e. The zero-order chi connectivity index (χ0) is 5.66. The van der Waals surface area contributed by atoms with Crippen molar-refractivity contribution >= 4 is 11.8 Å². The summed E-state index contributed by atoms with van der Waals surface area (Å²) in [6.07, 6.45) is 7.46. The molecular weight excluding hydrogens is 116 g/mol. The van der Waals surface area contributed by atoms with Gasteiger partial charge in [-0.05, 0) is 17.9 Å². The summed E-state index contributed by atoms with van der Waals surface area (Å²) < 4.78 is 0. The van der Waals surface area contributed by atoms with E-state index in [0.29, 0.717) is 0 Å². The third-order valence-electron chi connectivity index (χ3n) is 1.58. The van der Waals surface area contributed by atoms with Crippen LogP contribution in [0, 0.1) is 0 Å². The second-order valence-corrected chi connectivity index (χ2v) is 3.60. The van der Waals surface area contributed by atoms with Crippen LogP contribution >= 0.6 is 11.8 Å². The fourth-order valence-electron chi connectivity index (χ4n) is 0.394. The van der Waals surface area contributed by atoms with Gasteiger partial charge in [-0.1, -0.05) is 25.7 Å². The van der Waals surface area contributed by atoms with E-state index >= 15 is 0 Å². The van der Waals surface area contributed by atoms with Crippen LogP contribution in [-0.2, 0) is 0 Å². The van der Waals surface area contributed by atoms with E-state index in [2.05, 4.69) is 0 Å². The van der Waals surface area contributed by atoms with Crippen LogP contribution in [0.1, 0.15) is 32.1 Å². The third-order valence-corrected chi connectivity index (χ3v) is 2.73. The number of hydrogen-bond acceptors (Lipinski definition) is 1. The van der Waals surface area contributed by atoms with E-state index in [-0.39, 0.29) is 0 Å². The molecule has 0 aromatic rings. The first kappa shape index (κ1) is 6.47. The SMILES string of the molecule is C1CCC1.C1CSC1. The van der Waals surface area contributed by atoms with E-state index in [1.54, 1.807) is 0 Å². The maximum Gasteiger partial charge on any atom is -0.00597 e. The average molecular weight is 130 g/mol. The lowest BCUT2D eigenvalue weighted by atomic mass is 10.0. The monoisotopic (exact) mass is 130 g/mol. The molecule has 0 nitrogen and oxygen atoms in total. The van der Waals surface area contributed by atoms with Crippen LogP contribution < -0.4 is 0 Å². The van der Waals surface area contributed by atoms with Gasteiger partial charge >= 0.3 is 0 Å². The molecule has 2 rings (SSSR count). The molecule has 1 saturated heterocycles. The Labute approximate surface area is 56.0 Å². The predicted octanol–water partition coefficient (Wildman–Crippen LogP) is 2.68. The minimum atomic E-state index is 1.42. The van der Waals surface area contributed by atoms with Crippen molar-refractivity contribution in [3.8, 4) is 0 Å². The van der Waals surface area contributed by atoms with E-state index in [4.69, 9.17) is 0 Å². The van der Waals surface area contributed by atoms with E-state index in [9.17, 15) is 0 Å². The summed E-state index contributed by atoms with van der Waals surface area (Å²) in [7, 11) is 0. The fourth-order valence-corrected chi connectivity index (χ4v) is 0.683. The third kappa shape index (κ3) is 2.61. The molecule has 0 bridgehead atoms. The van der Waals surface area contributed by atoms with Gasteiger partial charge in [-0.3, -0.25) is 0 Å². The maximum atomic E-state index is 2.04. The molecule has 2 aliphatic rings. The van der Waals surface area contributed by atoms with Gasteiger partial charge in [-0.15, -0.1) is 0 Å². The second-order valence-electron chi connectivity index (χ2n) is 2.38. The van der Waals surface area contributed by atoms with Crippen LogP contribution in [0.15, 0.2) is 0 Å². The van der Waals surface area contributed by atoms with Crippen molar-refractivity contribution < 1.29 is 0 Å². The fraction of sp³-hybridized carbons (Fsp3) is 1.00. The Balaban J connectivity index is 0.0000000800. The molecule has 0 atom stereocenters. The average Bonchev–Trinajstić information content (AvgIpc) is 1.12. The summed E-state index contributed by atoms with van der Waals surface area (Å²) in [5, 5.41) is 0. The van der Waals surface area contributed by atoms with Crippen LogP contribution in [-0.4, -0.2) is 11.5 Å². The molecular formula is C7H14S. The van der Waals surface area contributed by atoms with Gasteiger partial charge in [-0.2, -0.15) is 11.8 Å². The van der Waals surface area contributed by atoms with Gasteiger partial charge in [0, 0.05) is 0 Å². The van der Waals surface area contributed by atoms with Crippen molar-refractivity contribution in [1.82, 2.24) is 0 Å². The Kier molecular flexibility index (Phi) is 3.44. The van der Waals surface area contributed by atoms with Crippen molar-refractivity contribution in [1.29, 1.82) is 0 Å². The highest BCUT2D eigenvalue weighted by Gasteiger charge is 1.95. The second kappa shape index (κ2) is 4.25. The Morgan fingerprint density at radius 1 is 0.625 bits per heavy atom. The van der Waals surface area contributed by atoms with Crippen molar-refractivity contribution in [3.05, 3.63) is 0 Å². The van der Waals surface area contributed by atoms with Gasteiger partial charge in [-0.25, -0.2) is 0 Å². The quantitative estimate of drug-likeness (QED) is 0.486. The first-order chi connectivity index (χ1) is 4.00. The number of rotatable bonds is 0. The van der Waals surface area contributed by atoms with Crippen LogP contribution in [0.5, 0.6) is 0 Å². The molecule has 1 heteroatoms. The van der Waals surface area contributed by atoms with Gasteiger partial charge in [0.2, 0.25) is 0 Å². The molecule has 0 N–H and O–H groups in total. The highest BCUT2D eigenvalue weighted by Crippen LogP contribution is 2.15. The summed E-state index contributed by atoms with van der Waals surface area (Å²) in [5.74, 6) is 2.83. The van der Waals surface area contributed by atoms with Crippen molar-refractivity contribution in [2.24, 2.45) is 0 Å². The molecule has 1 aliphatic heterocycles. The molecule has 0 unspecified atom stereocenters. The highest BCUT2D eigenvalue weighted by atomic mass is 32.2. The lowest BCUT2D eigenvalue weighted by molar-refractivity contribution is 0.504. The minimum absolute atomic E-state index is 1.42. The lowest BCUT2D eigenvalue weighted by Gasteiger charge is -2.05. The van der Waals surface area contributed by atoms with Crippen molar-refractivity contribution in [3.63, 3.8) is 0 Å². The summed E-state index contributed by atoms with van der Waals surface area (Å²) in [5.41, 5.74) is 0. The van der Waals surface area contributed by atoms with Crippen molar-refractivity contribution in [2.75, 3.05) is 11.5 Å². The first-order valence-electron chi connectivity index (χ1n) is 3.58. The topological polar surface area (TPSA) is 0 Å². The van der Waals surface area contributed by atoms with Gasteiger partial charge in [0.1, 0.15) is 0 Å². The predicted molar refractivity (Wildman–Crippen MR) is 40.4 cm³/mol. The molecule has 0 radical (unpaired) electrons. The van der Waals surface area contributed by atoms with Crippen LogP contribution in [0.3, 0.4) is 0 Å². The summed E-state index contributed by atoms with van der Waals surface area (Å²) in [4.78, 5) is 0. The zero-order valence-electron chi connectivity index (χ0n) is 5.36. The Bertz CT molecular complexity index is 28.3. The standard InChI is InChI=1S/C4H8.C3H6S/c2*1-2-4-3-1/h1-4H2;1-3H2. The Morgan fingerprint density at radius 2 is 0.875 bits per heavy atom. The molecule has 0 spiro atoms. The highest BCUT2D eigenvalue weighted by molar-refractivity contribution is 8.00. The molecule has 0 amide bonds. The summed E-state index contributed by atoms with van der Waals surface area (Å²) >= 11 is 2.04. The first-order valence-corrected chi connectivity index (χ1v) is 4.73. The normalized spacial score (nSPS) is 24.0. The van der Waals surface area contributed by atoms with E-state index in [0.717, 1.165) is 0 Å². The Hall–Kier alpha value is 0.350. The number of thioether (sulfide) groups is 1. The maximum absolute atomic E-state index is 2.04. The Morgan fingerprint density at radius 3 is 0.875 bits per heavy atom. The zero-order valence-corrected chi connectivity index (χ0v) is 6.17. The van der Waals surface area contributed by atoms with Gasteiger partial charge < -0.3 is 0 Å². The lowest BCUT2D eigenvalue weighted by Crippen LogP contribution is -1.94. The molecule has 48 valence electrons. The van der Waals surface area contributed by atoms with Crippen LogP contribution in [0.25, 0.3) is 0 Å². The number of hydrogen-bond donors (Lipinski definition) is 0. The van der Waals surface area contributed by atoms with Gasteiger partial charge in [0.05, 0.1) is 0 Å². The molecule has 0 aromatic heterocycles. The van der Waals surface area contributed by atoms with Crippen molar-refractivity contribution in [2.45, 2.75) is 32.1 Å². The smallest absolute Gasteiger partial charge is 0.00597 e. The molecule has 1 saturated carbocycles. The van der Waals surface area contributed by atoms with E-state index in [1.165, 1.54) is 43.6 Å². The summed E-state index contributed by atoms with van der Waals surface area (Å²) in [6.45, 7) is 0. The van der Waals surface area contributed by atoms with Gasteiger partial charge in [0.25, 0.3) is 0 Å². The van der Waals surface area contributed by atoms with Crippen LogP contribution in [0.2, 0.25) is 0 Å². The van der Waals surface area contributed by atoms with E-state index < -0.39 is 0 Å². The summed E-state index contributed by atoms with van der Waals surface area (Å²) in [6, 6.07) is 0. The molecule has 0 aromatic carbocycles. The molecule has 8 heavy (non-hydrogen) atoms. The molecule has 1 aliphatic carbocycles. The van der Waals surface area contributed by atoms with Crippen LogP contribution in [0.4, 0.5) is 0 Å².